The molecule has 0 bridgehead atoms. The zero-order valence-electron chi connectivity index (χ0n) is 23.2. The van der Waals surface area contributed by atoms with Gasteiger partial charge in [0.2, 0.25) is 0 Å². The summed E-state index contributed by atoms with van der Waals surface area (Å²) in [5.41, 5.74) is 3.62. The number of nitrogens with one attached hydrogen (secondary N) is 1. The molecule has 7 heteroatoms. The molecule has 5 atom stereocenters. The van der Waals surface area contributed by atoms with Crippen LogP contribution in [0.4, 0.5) is 0 Å². The summed E-state index contributed by atoms with van der Waals surface area (Å²) < 4.78 is 32.2. The highest BCUT2D eigenvalue weighted by atomic mass is 16.8. The van der Waals surface area contributed by atoms with Crippen LogP contribution in [0.3, 0.4) is 0 Å². The van der Waals surface area contributed by atoms with E-state index in [4.69, 9.17) is 23.7 Å². The Labute approximate surface area is 235 Å². The second-order valence-corrected chi connectivity index (χ2v) is 11.1. The first kappa shape index (κ1) is 26.9. The van der Waals surface area contributed by atoms with E-state index in [0.717, 1.165) is 22.3 Å². The van der Waals surface area contributed by atoms with Crippen LogP contribution in [0.5, 0.6) is 0 Å². The average molecular weight is 542 g/mol. The van der Waals surface area contributed by atoms with E-state index >= 15 is 0 Å². The van der Waals surface area contributed by atoms with Crippen LogP contribution >= 0.6 is 0 Å². The lowest BCUT2D eigenvalue weighted by molar-refractivity contribution is -0.231. The Bertz CT molecular complexity index is 1270. The normalized spacial score (nSPS) is 27.1. The monoisotopic (exact) mass is 541 g/mol. The van der Waals surface area contributed by atoms with E-state index in [9.17, 15) is 4.79 Å². The third kappa shape index (κ3) is 4.78. The Morgan fingerprint density at radius 1 is 0.850 bits per heavy atom. The van der Waals surface area contributed by atoms with Crippen LogP contribution < -0.4 is 5.32 Å². The van der Waals surface area contributed by atoms with E-state index in [1.54, 1.807) is 0 Å². The average Bonchev–Trinajstić information content (AvgIpc) is 3.41. The van der Waals surface area contributed by atoms with Gasteiger partial charge in [0, 0.05) is 0 Å². The van der Waals surface area contributed by atoms with Crippen molar-refractivity contribution in [1.82, 2.24) is 5.32 Å². The van der Waals surface area contributed by atoms with Crippen molar-refractivity contribution >= 4 is 5.91 Å². The molecule has 3 saturated heterocycles. The lowest BCUT2D eigenvalue weighted by atomic mass is 9.80. The predicted octanol–water partition coefficient (Wildman–Crippen LogP) is 5.05. The maximum Gasteiger partial charge on any atom is 0.253 e. The second-order valence-electron chi connectivity index (χ2n) is 11.1. The molecule has 3 aliphatic heterocycles. The van der Waals surface area contributed by atoms with Crippen molar-refractivity contribution in [2.45, 2.75) is 69.9 Å². The van der Waals surface area contributed by atoms with Crippen LogP contribution in [0.2, 0.25) is 0 Å². The number of benzene rings is 3. The van der Waals surface area contributed by atoms with E-state index < -0.39 is 42.2 Å². The first-order chi connectivity index (χ1) is 19.3. The third-order valence-electron chi connectivity index (χ3n) is 7.69. The summed E-state index contributed by atoms with van der Waals surface area (Å²) in [7, 11) is 0. The topological polar surface area (TPSA) is 75.3 Å². The largest absolute Gasteiger partial charge is 0.358 e. The Hall–Kier alpha value is -3.33. The van der Waals surface area contributed by atoms with Gasteiger partial charge in [-0.25, -0.2) is 0 Å². The maximum atomic E-state index is 12.2. The zero-order valence-corrected chi connectivity index (χ0v) is 23.2. The smallest absolute Gasteiger partial charge is 0.253 e. The number of ether oxygens (including phenoxy) is 5. The van der Waals surface area contributed by atoms with Crippen LogP contribution in [0.15, 0.2) is 102 Å². The first-order valence-corrected chi connectivity index (χ1v) is 13.7. The summed E-state index contributed by atoms with van der Waals surface area (Å²) in [5, 5.41) is 2.86. The number of β-lactam (4-membered cyclic amide) rings is 1. The van der Waals surface area contributed by atoms with E-state index in [-0.39, 0.29) is 12.5 Å². The van der Waals surface area contributed by atoms with Gasteiger partial charge >= 0.3 is 0 Å². The standard InChI is InChI=1S/C33H35NO6/c1-21(2)26-29(35)34-30(26)38-27-25(37-31-28(27)39-32(3,4)40-31)20-36-33(22-14-8-5-9-15-22,23-16-10-6-11-17-23)24-18-12-7-13-19-24/h5-19,25,27-28,30-31H,20H2,1-4H3,(H,34,35)/t25-,27+,28-,30-,31-/m1/s1. The molecular formula is C33H35NO6. The highest BCUT2D eigenvalue weighted by Crippen LogP contribution is 2.44. The van der Waals surface area contributed by atoms with E-state index in [0.29, 0.717) is 5.57 Å². The molecule has 3 aromatic rings. The van der Waals surface area contributed by atoms with Gasteiger partial charge in [-0.2, -0.15) is 0 Å². The van der Waals surface area contributed by atoms with Gasteiger partial charge in [0.05, 0.1) is 12.2 Å². The van der Waals surface area contributed by atoms with Crippen LogP contribution in [0, 0.1) is 0 Å². The molecule has 0 radical (unpaired) electrons. The van der Waals surface area contributed by atoms with Gasteiger partial charge in [-0.15, -0.1) is 0 Å². The number of rotatable bonds is 8. The molecule has 7 nitrogen and oxygen atoms in total. The molecule has 0 aliphatic carbocycles. The molecular weight excluding hydrogens is 506 g/mol. The van der Waals surface area contributed by atoms with Crippen molar-refractivity contribution in [2.75, 3.05) is 6.61 Å². The van der Waals surface area contributed by atoms with Crippen LogP contribution in [0.1, 0.15) is 44.4 Å². The van der Waals surface area contributed by atoms with Gasteiger partial charge in [-0.1, -0.05) is 96.6 Å². The van der Waals surface area contributed by atoms with Gasteiger partial charge in [-0.3, -0.25) is 4.79 Å². The minimum atomic E-state index is -0.911. The third-order valence-corrected chi connectivity index (χ3v) is 7.69. The summed E-state index contributed by atoms with van der Waals surface area (Å²) >= 11 is 0. The van der Waals surface area contributed by atoms with Crippen molar-refractivity contribution in [2.24, 2.45) is 0 Å². The number of amides is 1. The number of allylic oxidation sites excluding steroid dienone is 1. The molecule has 3 heterocycles. The van der Waals surface area contributed by atoms with Crippen molar-refractivity contribution in [1.29, 1.82) is 0 Å². The molecule has 6 rings (SSSR count). The Kier molecular flexibility index (Phi) is 7.10. The molecule has 0 unspecified atom stereocenters. The molecule has 208 valence electrons. The van der Waals surface area contributed by atoms with E-state index in [1.807, 2.05) is 82.3 Å². The fourth-order valence-corrected chi connectivity index (χ4v) is 5.88. The quantitative estimate of drug-likeness (QED) is 0.244. The number of carbonyl (C=O) groups is 1. The summed E-state index contributed by atoms with van der Waals surface area (Å²) in [5.74, 6) is -0.930. The van der Waals surface area contributed by atoms with Crippen LogP contribution in [0.25, 0.3) is 0 Å². The van der Waals surface area contributed by atoms with Crippen molar-refractivity contribution in [3.8, 4) is 0 Å². The minimum absolute atomic E-state index is 0.117. The van der Waals surface area contributed by atoms with E-state index in [2.05, 4.69) is 41.7 Å². The zero-order chi connectivity index (χ0) is 27.9. The SMILES string of the molecule is CC(C)=C1C(=O)N[C@@H]1O[C@@H]1[C@H]2OC(C)(C)O[C@H]2O[C@@H]1COC(c1ccccc1)(c1ccccc1)c1ccccc1. The molecule has 3 aliphatic rings. The number of fused-ring (bicyclic) bond motifs is 1. The lowest BCUT2D eigenvalue weighted by Gasteiger charge is -2.39. The predicted molar refractivity (Wildman–Crippen MR) is 149 cm³/mol. The van der Waals surface area contributed by atoms with Gasteiger partial charge in [0.15, 0.2) is 18.3 Å². The summed E-state index contributed by atoms with van der Waals surface area (Å²) in [6.45, 7) is 7.72. The van der Waals surface area contributed by atoms with Gasteiger partial charge in [0.25, 0.3) is 5.91 Å². The van der Waals surface area contributed by atoms with E-state index in [1.165, 1.54) is 0 Å². The molecule has 1 amide bonds. The molecule has 1 N–H and O–H groups in total. The maximum absolute atomic E-state index is 12.2. The Morgan fingerprint density at radius 2 is 1.38 bits per heavy atom. The first-order valence-electron chi connectivity index (χ1n) is 13.7. The molecule has 3 fully saturated rings. The molecule has 0 spiro atoms. The van der Waals surface area contributed by atoms with Crippen LogP contribution in [-0.2, 0) is 34.1 Å². The van der Waals surface area contributed by atoms with Gasteiger partial charge in [0.1, 0.15) is 23.9 Å². The Balaban J connectivity index is 1.36. The molecule has 3 aromatic carbocycles. The minimum Gasteiger partial charge on any atom is -0.358 e. The second kappa shape index (κ2) is 10.6. The number of carbonyl (C=O) groups excluding carboxylic acids is 1. The highest BCUT2D eigenvalue weighted by Gasteiger charge is 2.57. The molecule has 40 heavy (non-hydrogen) atoms. The van der Waals surface area contributed by atoms with Gasteiger partial charge < -0.3 is 29.0 Å². The van der Waals surface area contributed by atoms with Crippen LogP contribution in [-0.4, -0.2) is 49.1 Å². The summed E-state index contributed by atoms with van der Waals surface area (Å²) in [6.07, 6.45) is -2.68. The van der Waals surface area contributed by atoms with Crippen molar-refractivity contribution in [3.63, 3.8) is 0 Å². The fraction of sp³-hybridized carbons (Fsp3) is 0.364. The highest BCUT2D eigenvalue weighted by molar-refractivity contribution is 6.01. The Morgan fingerprint density at radius 3 is 1.85 bits per heavy atom. The summed E-state index contributed by atoms with van der Waals surface area (Å²) in [6, 6.07) is 30.6. The van der Waals surface area contributed by atoms with Gasteiger partial charge in [-0.05, 0) is 44.4 Å². The van der Waals surface area contributed by atoms with Crippen molar-refractivity contribution < 1.29 is 28.5 Å². The number of hydrogen-bond donors (Lipinski definition) is 1. The molecule has 0 saturated carbocycles. The number of hydrogen-bond acceptors (Lipinski definition) is 6. The van der Waals surface area contributed by atoms with Crippen molar-refractivity contribution in [3.05, 3.63) is 119 Å². The lowest BCUT2D eigenvalue weighted by Crippen LogP contribution is -2.57. The molecule has 0 aromatic heterocycles. The summed E-state index contributed by atoms with van der Waals surface area (Å²) in [4.78, 5) is 12.2. The fourth-order valence-electron chi connectivity index (χ4n) is 5.88.